The summed E-state index contributed by atoms with van der Waals surface area (Å²) in [6, 6.07) is 24.8. The van der Waals surface area contributed by atoms with E-state index in [1.807, 2.05) is 49.4 Å². The Morgan fingerprint density at radius 1 is 0.860 bits per heavy atom. The maximum Gasteiger partial charge on any atom is 0.299 e. The van der Waals surface area contributed by atoms with Gasteiger partial charge in [-0.3, -0.25) is 14.2 Å². The number of hydrogen-bond donors (Lipinski definition) is 2. The zero-order valence-electron chi connectivity index (χ0n) is 24.5. The quantitative estimate of drug-likeness (QED) is 0.152. The molecule has 0 amide bonds. The molecule has 0 saturated carbocycles. The normalized spacial score (nSPS) is 11.9. The van der Waals surface area contributed by atoms with Crippen LogP contribution in [0.15, 0.2) is 105 Å². The van der Waals surface area contributed by atoms with Crippen LogP contribution < -0.4 is 9.86 Å². The molecule has 5 rings (SSSR count). The molecular formula is C33H35N5O4S. The molecule has 0 bridgehead atoms. The van der Waals surface area contributed by atoms with E-state index in [9.17, 15) is 18.3 Å². The number of aromatic hydroxyl groups is 1. The van der Waals surface area contributed by atoms with E-state index < -0.39 is 15.6 Å². The summed E-state index contributed by atoms with van der Waals surface area (Å²) in [6.45, 7) is 6.09. The van der Waals surface area contributed by atoms with Crippen molar-refractivity contribution in [1.29, 1.82) is 0 Å². The van der Waals surface area contributed by atoms with Crippen molar-refractivity contribution >= 4 is 37.9 Å². The van der Waals surface area contributed by atoms with Crippen molar-refractivity contribution in [1.82, 2.24) is 9.78 Å². The number of hydrogen-bond acceptors (Lipinski definition) is 6. The van der Waals surface area contributed by atoms with Gasteiger partial charge in [-0.25, -0.2) is 13.1 Å². The minimum Gasteiger partial charge on any atom is -0.506 e. The second-order valence-corrected chi connectivity index (χ2v) is 12.2. The highest BCUT2D eigenvalue weighted by Gasteiger charge is 2.30. The average molecular weight is 598 g/mol. The van der Waals surface area contributed by atoms with Crippen LogP contribution in [0.1, 0.15) is 44.4 Å². The van der Waals surface area contributed by atoms with Crippen molar-refractivity contribution in [2.75, 3.05) is 10.8 Å². The summed E-state index contributed by atoms with van der Waals surface area (Å²) in [6.07, 6.45) is 3.10. The van der Waals surface area contributed by atoms with Gasteiger partial charge in [-0.2, -0.15) is 0 Å². The van der Waals surface area contributed by atoms with Crippen molar-refractivity contribution in [2.45, 2.75) is 51.3 Å². The van der Waals surface area contributed by atoms with Gasteiger partial charge in [-0.1, -0.05) is 87.4 Å². The Morgan fingerprint density at radius 2 is 1.51 bits per heavy atom. The van der Waals surface area contributed by atoms with Gasteiger partial charge in [0.1, 0.15) is 11.4 Å². The molecule has 0 spiro atoms. The fraction of sp³-hybridized carbons (Fsp3) is 0.242. The molecule has 0 aliphatic rings. The van der Waals surface area contributed by atoms with Gasteiger partial charge in [0.15, 0.2) is 5.69 Å². The predicted molar refractivity (Wildman–Crippen MR) is 171 cm³/mol. The summed E-state index contributed by atoms with van der Waals surface area (Å²) >= 11 is 0. The molecule has 1 aromatic heterocycles. The number of aromatic nitrogens is 2. The maximum absolute atomic E-state index is 14.4. The van der Waals surface area contributed by atoms with Crippen LogP contribution in [0.2, 0.25) is 0 Å². The van der Waals surface area contributed by atoms with Crippen LogP contribution in [0, 0.1) is 6.92 Å². The number of phenols is 1. The standard InChI is InChI=1S/C33H35N5O4S/c1-4-6-21-37(28-20-13-10-15-24(28)14-5-2)43(41,42)30-22-29(39)32(27-19-12-11-18-26(27)30)35-34-31-23(3)36-38(33(31)40)25-16-8-7-9-17-25/h7-13,15-20,22,36,39H,4-6,14,21H2,1-3H3. The molecule has 43 heavy (non-hydrogen) atoms. The number of aromatic amines is 1. The Balaban J connectivity index is 1.62. The lowest BCUT2D eigenvalue weighted by Crippen LogP contribution is -2.33. The van der Waals surface area contributed by atoms with E-state index in [-0.39, 0.29) is 22.0 Å². The Kier molecular flexibility index (Phi) is 8.77. The fourth-order valence-corrected chi connectivity index (χ4v) is 6.93. The highest BCUT2D eigenvalue weighted by atomic mass is 32.2. The Hall–Kier alpha value is -4.70. The fourth-order valence-electron chi connectivity index (χ4n) is 5.17. The Bertz CT molecular complexity index is 1950. The number of nitrogens with zero attached hydrogens (tertiary/aromatic N) is 4. The van der Waals surface area contributed by atoms with Gasteiger partial charge in [-0.15, -0.1) is 10.2 Å². The lowest BCUT2D eigenvalue weighted by atomic mass is 10.1. The third kappa shape index (κ3) is 5.83. The molecule has 0 aliphatic carbocycles. The Morgan fingerprint density at radius 3 is 2.23 bits per heavy atom. The van der Waals surface area contributed by atoms with Crippen molar-refractivity contribution < 1.29 is 13.5 Å². The molecule has 0 fully saturated rings. The first-order valence-corrected chi connectivity index (χ1v) is 15.9. The molecule has 0 radical (unpaired) electrons. The van der Waals surface area contributed by atoms with E-state index >= 15 is 0 Å². The summed E-state index contributed by atoms with van der Waals surface area (Å²) in [5.41, 5.74) is 2.50. The third-order valence-corrected chi connectivity index (χ3v) is 9.18. The number of H-pyrrole nitrogens is 1. The average Bonchev–Trinajstić information content (AvgIpc) is 3.30. The van der Waals surface area contributed by atoms with Gasteiger partial charge < -0.3 is 5.11 Å². The van der Waals surface area contributed by atoms with E-state index in [0.29, 0.717) is 40.8 Å². The number of nitrogens with one attached hydrogen (secondary N) is 1. The number of phenolic OH excluding ortho intramolecular Hbond substituents is 1. The van der Waals surface area contributed by atoms with Gasteiger partial charge in [0.2, 0.25) is 0 Å². The minimum absolute atomic E-state index is 0.0220. The van der Waals surface area contributed by atoms with E-state index in [4.69, 9.17) is 0 Å². The lowest BCUT2D eigenvalue weighted by molar-refractivity contribution is 0.475. The molecule has 10 heteroatoms. The van der Waals surface area contributed by atoms with Crippen LogP contribution >= 0.6 is 0 Å². The molecule has 9 nitrogen and oxygen atoms in total. The van der Waals surface area contributed by atoms with E-state index in [0.717, 1.165) is 24.8 Å². The van der Waals surface area contributed by atoms with Crippen LogP contribution in [-0.2, 0) is 16.4 Å². The van der Waals surface area contributed by atoms with Crippen LogP contribution in [0.3, 0.4) is 0 Å². The molecular weight excluding hydrogens is 562 g/mol. The van der Waals surface area contributed by atoms with E-state index in [2.05, 4.69) is 22.3 Å². The zero-order chi connectivity index (χ0) is 30.6. The number of benzene rings is 4. The van der Waals surface area contributed by atoms with Crippen molar-refractivity contribution in [2.24, 2.45) is 10.2 Å². The SMILES string of the molecule is CCCCN(c1ccccc1CCC)S(=O)(=O)c1cc(O)c(N=Nc2c(C)[nH]n(-c3ccccc3)c2=O)c2ccccc12. The summed E-state index contributed by atoms with van der Waals surface area (Å²) in [5, 5.41) is 23.5. The monoisotopic (exact) mass is 597 g/mol. The highest BCUT2D eigenvalue weighted by molar-refractivity contribution is 7.93. The van der Waals surface area contributed by atoms with Gasteiger partial charge in [0.25, 0.3) is 15.6 Å². The van der Waals surface area contributed by atoms with Crippen LogP contribution in [0.4, 0.5) is 17.1 Å². The number of sulfonamides is 1. The molecule has 0 atom stereocenters. The van der Waals surface area contributed by atoms with Gasteiger partial charge in [0, 0.05) is 23.4 Å². The molecule has 0 unspecified atom stereocenters. The van der Waals surface area contributed by atoms with Gasteiger partial charge >= 0.3 is 0 Å². The first-order chi connectivity index (χ1) is 20.8. The van der Waals surface area contributed by atoms with E-state index in [1.54, 1.807) is 43.3 Å². The minimum atomic E-state index is -4.10. The molecule has 4 aromatic carbocycles. The highest BCUT2D eigenvalue weighted by Crippen LogP contribution is 2.41. The van der Waals surface area contributed by atoms with Crippen molar-refractivity contribution in [3.8, 4) is 11.4 Å². The molecule has 0 aliphatic heterocycles. The topological polar surface area (TPSA) is 120 Å². The van der Waals surface area contributed by atoms with E-state index in [1.165, 1.54) is 15.1 Å². The number of para-hydroxylation sites is 2. The first kappa shape index (κ1) is 29.8. The Labute approximate surface area is 251 Å². The number of anilines is 1. The molecule has 2 N–H and O–H groups in total. The number of fused-ring (bicyclic) bond motifs is 1. The van der Waals surface area contributed by atoms with Crippen molar-refractivity contribution in [3.05, 3.63) is 107 Å². The predicted octanol–water partition coefficient (Wildman–Crippen LogP) is 7.70. The lowest BCUT2D eigenvalue weighted by Gasteiger charge is -2.27. The van der Waals surface area contributed by atoms with Crippen molar-refractivity contribution in [3.63, 3.8) is 0 Å². The second kappa shape index (κ2) is 12.7. The summed E-state index contributed by atoms with van der Waals surface area (Å²) in [7, 11) is -4.10. The molecule has 0 saturated heterocycles. The smallest absolute Gasteiger partial charge is 0.299 e. The molecule has 1 heterocycles. The number of rotatable bonds is 11. The number of azo groups is 1. The van der Waals surface area contributed by atoms with Crippen LogP contribution in [0.5, 0.6) is 5.75 Å². The zero-order valence-corrected chi connectivity index (χ0v) is 25.3. The number of unbranched alkanes of at least 4 members (excludes halogenated alkanes) is 1. The summed E-state index contributed by atoms with van der Waals surface area (Å²) < 4.78 is 31.6. The second-order valence-electron chi connectivity index (χ2n) is 10.4. The number of aryl methyl sites for hydroxylation is 2. The molecule has 222 valence electrons. The molecule has 5 aromatic rings. The first-order valence-electron chi connectivity index (χ1n) is 14.4. The van der Waals surface area contributed by atoms with Crippen LogP contribution in [-0.4, -0.2) is 29.8 Å². The van der Waals surface area contributed by atoms with Crippen LogP contribution in [0.25, 0.3) is 16.5 Å². The van der Waals surface area contributed by atoms with Gasteiger partial charge in [0.05, 0.1) is 22.0 Å². The largest absolute Gasteiger partial charge is 0.506 e. The van der Waals surface area contributed by atoms with Gasteiger partial charge in [-0.05, 0) is 43.5 Å². The summed E-state index contributed by atoms with van der Waals surface area (Å²) in [4.78, 5) is 13.1. The summed E-state index contributed by atoms with van der Waals surface area (Å²) in [5.74, 6) is -0.352. The third-order valence-electron chi connectivity index (χ3n) is 7.33. The maximum atomic E-state index is 14.4.